The molecule has 0 amide bonds. The monoisotopic (exact) mass is 274 g/mol. The molecule has 1 aromatic rings. The molecule has 1 aliphatic rings. The number of benzene rings is 1. The lowest BCUT2D eigenvalue weighted by Gasteiger charge is -2.27. The van der Waals surface area contributed by atoms with Gasteiger partial charge in [-0.25, -0.2) is 0 Å². The van der Waals surface area contributed by atoms with Gasteiger partial charge in [0.1, 0.15) is 0 Å². The molecule has 0 heterocycles. The van der Waals surface area contributed by atoms with Crippen molar-refractivity contribution in [1.82, 2.24) is 5.32 Å². The zero-order valence-electron chi connectivity index (χ0n) is 13.5. The van der Waals surface area contributed by atoms with E-state index in [2.05, 4.69) is 62.2 Å². The van der Waals surface area contributed by atoms with Gasteiger partial charge in [-0.3, -0.25) is 0 Å². The van der Waals surface area contributed by atoms with E-state index in [9.17, 15) is 0 Å². The van der Waals surface area contributed by atoms with Gasteiger partial charge in [0.05, 0.1) is 0 Å². The van der Waals surface area contributed by atoms with Crippen molar-refractivity contribution in [3.05, 3.63) is 29.8 Å². The first-order chi connectivity index (χ1) is 9.56. The summed E-state index contributed by atoms with van der Waals surface area (Å²) >= 11 is 0. The molecule has 2 heteroatoms. The molecule has 2 nitrogen and oxygen atoms in total. The predicted octanol–water partition coefficient (Wildman–Crippen LogP) is 4.06. The fraction of sp³-hybridized carbons (Fsp3) is 0.667. The summed E-state index contributed by atoms with van der Waals surface area (Å²) in [4.78, 5) is 2.59. The van der Waals surface area contributed by atoms with E-state index >= 15 is 0 Å². The lowest BCUT2D eigenvalue weighted by molar-refractivity contribution is 0.552. The van der Waals surface area contributed by atoms with Crippen LogP contribution in [-0.4, -0.2) is 19.1 Å². The molecule has 20 heavy (non-hydrogen) atoms. The van der Waals surface area contributed by atoms with Crippen LogP contribution in [0.25, 0.3) is 0 Å². The molecule has 1 N–H and O–H groups in total. The van der Waals surface area contributed by atoms with Crippen LogP contribution in [0.4, 0.5) is 5.69 Å². The molecule has 1 aromatic carbocycles. The van der Waals surface area contributed by atoms with Crippen molar-refractivity contribution in [2.45, 2.75) is 53.1 Å². The summed E-state index contributed by atoms with van der Waals surface area (Å²) in [6, 6.07) is 9.94. The number of nitrogens with one attached hydrogen (secondary N) is 1. The van der Waals surface area contributed by atoms with Crippen molar-refractivity contribution in [2.24, 2.45) is 11.8 Å². The van der Waals surface area contributed by atoms with Gasteiger partial charge in [0.25, 0.3) is 0 Å². The molecule has 0 spiro atoms. The number of rotatable bonds is 8. The van der Waals surface area contributed by atoms with Gasteiger partial charge in [-0.05, 0) is 48.9 Å². The van der Waals surface area contributed by atoms with Gasteiger partial charge in [0.15, 0.2) is 0 Å². The maximum atomic E-state index is 3.50. The Labute approximate surface area is 124 Å². The summed E-state index contributed by atoms with van der Waals surface area (Å²) in [6.45, 7) is 12.3. The Balaban J connectivity index is 1.92. The standard InChI is InChI=1S/C18H30N2/c1-14(2)11-19-12-16-5-7-17(8-6-16)20(13-15(3)4)18-9-10-18/h5-8,14-15,18-19H,9-13H2,1-4H3. The first-order valence-electron chi connectivity index (χ1n) is 8.12. The lowest BCUT2D eigenvalue weighted by Crippen LogP contribution is -2.29. The zero-order valence-corrected chi connectivity index (χ0v) is 13.5. The molecule has 0 bridgehead atoms. The molecule has 0 unspecified atom stereocenters. The van der Waals surface area contributed by atoms with E-state index in [0.717, 1.165) is 25.0 Å². The van der Waals surface area contributed by atoms with Gasteiger partial charge < -0.3 is 10.2 Å². The Hall–Kier alpha value is -1.02. The third kappa shape index (κ3) is 4.82. The smallest absolute Gasteiger partial charge is 0.0368 e. The van der Waals surface area contributed by atoms with E-state index in [1.165, 1.54) is 30.6 Å². The summed E-state index contributed by atoms with van der Waals surface area (Å²) in [5, 5.41) is 3.50. The average molecular weight is 274 g/mol. The van der Waals surface area contributed by atoms with Crippen molar-refractivity contribution < 1.29 is 0 Å². The number of hydrogen-bond donors (Lipinski definition) is 1. The Morgan fingerprint density at radius 2 is 1.70 bits per heavy atom. The molecule has 0 aromatic heterocycles. The summed E-state index contributed by atoms with van der Waals surface area (Å²) in [6.07, 6.45) is 2.73. The highest BCUT2D eigenvalue weighted by molar-refractivity contribution is 5.49. The zero-order chi connectivity index (χ0) is 14.5. The number of hydrogen-bond acceptors (Lipinski definition) is 2. The molecule has 0 aliphatic heterocycles. The quantitative estimate of drug-likeness (QED) is 0.769. The van der Waals surface area contributed by atoms with Crippen LogP contribution in [0.15, 0.2) is 24.3 Å². The van der Waals surface area contributed by atoms with Crippen LogP contribution in [0.2, 0.25) is 0 Å². The van der Waals surface area contributed by atoms with Gasteiger partial charge in [-0.15, -0.1) is 0 Å². The van der Waals surface area contributed by atoms with Crippen LogP contribution in [0.1, 0.15) is 46.1 Å². The first-order valence-corrected chi connectivity index (χ1v) is 8.12. The average Bonchev–Trinajstić information content (AvgIpc) is 3.20. The minimum atomic E-state index is 0.714. The Kier molecular flexibility index (Phi) is 5.47. The highest BCUT2D eigenvalue weighted by Crippen LogP contribution is 2.32. The fourth-order valence-corrected chi connectivity index (χ4v) is 2.56. The van der Waals surface area contributed by atoms with E-state index in [1.807, 2.05) is 0 Å². The van der Waals surface area contributed by atoms with Crippen molar-refractivity contribution in [1.29, 1.82) is 0 Å². The third-order valence-electron chi connectivity index (χ3n) is 3.70. The molecular weight excluding hydrogens is 244 g/mol. The molecule has 0 atom stereocenters. The van der Waals surface area contributed by atoms with Gasteiger partial charge in [-0.1, -0.05) is 39.8 Å². The second kappa shape index (κ2) is 7.12. The number of anilines is 1. The molecule has 0 radical (unpaired) electrons. The molecule has 1 aliphatic carbocycles. The van der Waals surface area contributed by atoms with E-state index in [4.69, 9.17) is 0 Å². The largest absolute Gasteiger partial charge is 0.368 e. The third-order valence-corrected chi connectivity index (χ3v) is 3.70. The summed E-state index contributed by atoms with van der Waals surface area (Å²) < 4.78 is 0. The Bertz CT molecular complexity index is 390. The van der Waals surface area contributed by atoms with E-state index in [1.54, 1.807) is 0 Å². The summed E-state index contributed by atoms with van der Waals surface area (Å²) in [5.41, 5.74) is 2.78. The van der Waals surface area contributed by atoms with Crippen LogP contribution < -0.4 is 10.2 Å². The first kappa shape index (κ1) is 15.4. The summed E-state index contributed by atoms with van der Waals surface area (Å²) in [5.74, 6) is 1.44. The van der Waals surface area contributed by atoms with Crippen molar-refractivity contribution in [2.75, 3.05) is 18.0 Å². The number of nitrogens with zero attached hydrogens (tertiary/aromatic N) is 1. The van der Waals surface area contributed by atoms with Crippen molar-refractivity contribution in [3.8, 4) is 0 Å². The molecule has 112 valence electrons. The van der Waals surface area contributed by atoms with Gasteiger partial charge in [0.2, 0.25) is 0 Å². The Morgan fingerprint density at radius 1 is 1.05 bits per heavy atom. The van der Waals surface area contributed by atoms with Crippen molar-refractivity contribution >= 4 is 5.69 Å². The van der Waals surface area contributed by atoms with E-state index in [-0.39, 0.29) is 0 Å². The van der Waals surface area contributed by atoms with Crippen molar-refractivity contribution in [3.63, 3.8) is 0 Å². The van der Waals surface area contributed by atoms with Gasteiger partial charge >= 0.3 is 0 Å². The molecule has 2 rings (SSSR count). The second-order valence-corrected chi connectivity index (χ2v) is 6.97. The highest BCUT2D eigenvalue weighted by Gasteiger charge is 2.29. The van der Waals surface area contributed by atoms with E-state index in [0.29, 0.717) is 5.92 Å². The molecular formula is C18H30N2. The van der Waals surface area contributed by atoms with Crippen LogP contribution in [0, 0.1) is 11.8 Å². The van der Waals surface area contributed by atoms with Gasteiger partial charge in [-0.2, -0.15) is 0 Å². The second-order valence-electron chi connectivity index (χ2n) is 6.97. The SMILES string of the molecule is CC(C)CNCc1ccc(N(CC(C)C)C2CC2)cc1. The fourth-order valence-electron chi connectivity index (χ4n) is 2.56. The van der Waals surface area contributed by atoms with Gasteiger partial charge in [0, 0.05) is 24.8 Å². The lowest BCUT2D eigenvalue weighted by atomic mass is 10.1. The maximum absolute atomic E-state index is 3.50. The minimum Gasteiger partial charge on any atom is -0.368 e. The normalized spacial score (nSPS) is 15.1. The van der Waals surface area contributed by atoms with E-state index < -0.39 is 0 Å². The Morgan fingerprint density at radius 3 is 2.20 bits per heavy atom. The topological polar surface area (TPSA) is 15.3 Å². The maximum Gasteiger partial charge on any atom is 0.0368 e. The minimum absolute atomic E-state index is 0.714. The van der Waals surface area contributed by atoms with Crippen LogP contribution in [0.3, 0.4) is 0 Å². The molecule has 1 saturated carbocycles. The van der Waals surface area contributed by atoms with Crippen LogP contribution in [-0.2, 0) is 6.54 Å². The molecule has 1 fully saturated rings. The predicted molar refractivity (Wildman–Crippen MR) is 88.2 cm³/mol. The summed E-state index contributed by atoms with van der Waals surface area (Å²) in [7, 11) is 0. The highest BCUT2D eigenvalue weighted by atomic mass is 15.2. The molecule has 0 saturated heterocycles. The van der Waals surface area contributed by atoms with Crippen LogP contribution in [0.5, 0.6) is 0 Å². The van der Waals surface area contributed by atoms with Crippen LogP contribution >= 0.6 is 0 Å².